The summed E-state index contributed by atoms with van der Waals surface area (Å²) in [6.45, 7) is 1.99. The molecule has 2 fully saturated rings. The molecule has 3 atom stereocenters. The van der Waals surface area contributed by atoms with Crippen LogP contribution in [-0.2, 0) is 9.53 Å². The third kappa shape index (κ3) is 2.59. The number of hydrogen-bond donors (Lipinski definition) is 0. The molecule has 114 valence electrons. The Bertz CT molecular complexity index is 553. The third-order valence-corrected chi connectivity index (χ3v) is 5.74. The number of likely N-dealkylation sites (tertiary alicyclic amines) is 1. The summed E-state index contributed by atoms with van der Waals surface area (Å²) < 4.78 is 4.93. The van der Waals surface area contributed by atoms with Crippen LogP contribution in [0.25, 0.3) is 0 Å². The van der Waals surface area contributed by atoms with Gasteiger partial charge in [-0.2, -0.15) is 0 Å². The monoisotopic (exact) mass is 307 g/mol. The lowest BCUT2D eigenvalue weighted by molar-refractivity contribution is -0.145. The van der Waals surface area contributed by atoms with Crippen molar-refractivity contribution >= 4 is 23.2 Å². The van der Waals surface area contributed by atoms with Crippen LogP contribution in [0.1, 0.15) is 46.7 Å². The number of ether oxygens (including phenoxy) is 1. The van der Waals surface area contributed by atoms with E-state index in [-0.39, 0.29) is 17.9 Å². The van der Waals surface area contributed by atoms with E-state index in [9.17, 15) is 9.59 Å². The molecule has 1 saturated carbocycles. The summed E-state index contributed by atoms with van der Waals surface area (Å²) >= 11 is 1.50. The summed E-state index contributed by atoms with van der Waals surface area (Å²) in [4.78, 5) is 28.6. The van der Waals surface area contributed by atoms with Gasteiger partial charge in [-0.15, -0.1) is 11.3 Å². The quantitative estimate of drug-likeness (QED) is 0.789. The van der Waals surface area contributed by atoms with Crippen LogP contribution in [0.3, 0.4) is 0 Å². The van der Waals surface area contributed by atoms with Gasteiger partial charge in [-0.05, 0) is 44.2 Å². The van der Waals surface area contributed by atoms with Crippen molar-refractivity contribution in [1.82, 2.24) is 4.90 Å². The Balaban J connectivity index is 1.90. The molecule has 1 saturated heterocycles. The van der Waals surface area contributed by atoms with Crippen LogP contribution in [0.15, 0.2) is 12.1 Å². The molecule has 1 aliphatic carbocycles. The fourth-order valence-electron chi connectivity index (χ4n) is 3.78. The molecule has 4 nitrogen and oxygen atoms in total. The van der Waals surface area contributed by atoms with Gasteiger partial charge in [0.25, 0.3) is 5.91 Å². The Labute approximate surface area is 129 Å². The first-order valence-corrected chi connectivity index (χ1v) is 8.40. The van der Waals surface area contributed by atoms with E-state index in [0.717, 1.165) is 35.4 Å². The number of aryl methyl sites for hydroxylation is 1. The first-order chi connectivity index (χ1) is 10.1. The van der Waals surface area contributed by atoms with Gasteiger partial charge in [0.15, 0.2) is 0 Å². The van der Waals surface area contributed by atoms with Crippen molar-refractivity contribution in [3.8, 4) is 0 Å². The molecule has 2 aliphatic rings. The highest BCUT2D eigenvalue weighted by Crippen LogP contribution is 2.41. The van der Waals surface area contributed by atoms with Crippen LogP contribution < -0.4 is 0 Å². The zero-order chi connectivity index (χ0) is 15.0. The second kappa shape index (κ2) is 5.79. The molecule has 5 heteroatoms. The van der Waals surface area contributed by atoms with Crippen LogP contribution in [0.2, 0.25) is 0 Å². The van der Waals surface area contributed by atoms with Gasteiger partial charge in [0.1, 0.15) is 6.04 Å². The van der Waals surface area contributed by atoms with Gasteiger partial charge in [-0.3, -0.25) is 4.79 Å². The molecule has 1 aliphatic heterocycles. The van der Waals surface area contributed by atoms with Crippen molar-refractivity contribution < 1.29 is 14.3 Å². The molecule has 0 radical (unpaired) electrons. The van der Waals surface area contributed by atoms with Crippen LogP contribution >= 0.6 is 11.3 Å². The first-order valence-electron chi connectivity index (χ1n) is 7.58. The SMILES string of the molecule is COC(=O)[C@@H]1C[C@@H]2CCCC[C@@H]2N1C(=O)c1ccc(C)s1. The Hall–Kier alpha value is -1.36. The number of esters is 1. The standard InChI is InChI=1S/C16H21NO3S/c1-10-7-8-14(21-10)15(18)17-12-6-4-3-5-11(12)9-13(17)16(19)20-2/h7-8,11-13H,3-6,9H2,1-2H3/t11-,12-,13-/m0/s1. The van der Waals surface area contributed by atoms with Gasteiger partial charge in [0, 0.05) is 10.9 Å². The summed E-state index contributed by atoms with van der Waals surface area (Å²) in [7, 11) is 1.41. The lowest BCUT2D eigenvalue weighted by Crippen LogP contribution is -2.46. The van der Waals surface area contributed by atoms with Gasteiger partial charge >= 0.3 is 5.97 Å². The van der Waals surface area contributed by atoms with Gasteiger partial charge < -0.3 is 9.64 Å². The minimum atomic E-state index is -0.405. The fourth-order valence-corrected chi connectivity index (χ4v) is 4.59. The van der Waals surface area contributed by atoms with E-state index in [2.05, 4.69) is 0 Å². The highest BCUT2D eigenvalue weighted by molar-refractivity contribution is 7.13. The largest absolute Gasteiger partial charge is 0.467 e. The smallest absolute Gasteiger partial charge is 0.328 e. The second-order valence-electron chi connectivity index (χ2n) is 6.01. The van der Waals surface area contributed by atoms with Crippen LogP contribution in [0, 0.1) is 12.8 Å². The molecule has 21 heavy (non-hydrogen) atoms. The molecule has 0 N–H and O–H groups in total. The van der Waals surface area contributed by atoms with E-state index in [0.29, 0.717) is 5.92 Å². The Morgan fingerprint density at radius 1 is 1.29 bits per heavy atom. The van der Waals surface area contributed by atoms with Crippen molar-refractivity contribution in [3.63, 3.8) is 0 Å². The summed E-state index contributed by atoms with van der Waals surface area (Å²) in [6, 6.07) is 3.63. The summed E-state index contributed by atoms with van der Waals surface area (Å²) in [6.07, 6.45) is 5.23. The number of hydrogen-bond acceptors (Lipinski definition) is 4. The number of carbonyl (C=O) groups excluding carboxylic acids is 2. The van der Waals surface area contributed by atoms with E-state index in [1.807, 2.05) is 24.0 Å². The van der Waals surface area contributed by atoms with Crippen LogP contribution in [0.4, 0.5) is 0 Å². The maximum absolute atomic E-state index is 12.9. The highest BCUT2D eigenvalue weighted by Gasteiger charge is 2.48. The van der Waals surface area contributed by atoms with Gasteiger partial charge in [0.2, 0.25) is 0 Å². The van der Waals surface area contributed by atoms with E-state index in [1.54, 1.807) is 0 Å². The van der Waals surface area contributed by atoms with Crippen molar-refractivity contribution in [1.29, 1.82) is 0 Å². The van der Waals surface area contributed by atoms with Crippen LogP contribution in [-0.4, -0.2) is 36.0 Å². The molecule has 0 unspecified atom stereocenters. The average molecular weight is 307 g/mol. The first kappa shape index (κ1) is 14.6. The number of rotatable bonds is 2. The van der Waals surface area contributed by atoms with Crippen LogP contribution in [0.5, 0.6) is 0 Å². The van der Waals surface area contributed by atoms with E-state index in [4.69, 9.17) is 4.74 Å². The van der Waals surface area contributed by atoms with E-state index >= 15 is 0 Å². The predicted molar refractivity (Wildman–Crippen MR) is 81.4 cm³/mol. The van der Waals surface area contributed by atoms with Gasteiger partial charge in [-0.1, -0.05) is 12.8 Å². The Kier molecular flexibility index (Phi) is 4.02. The molecule has 1 aromatic heterocycles. The fraction of sp³-hybridized carbons (Fsp3) is 0.625. The van der Waals surface area contributed by atoms with Crippen molar-refractivity contribution in [2.75, 3.05) is 7.11 Å². The third-order valence-electron chi connectivity index (χ3n) is 4.75. The number of fused-ring (bicyclic) bond motifs is 1. The number of nitrogens with zero attached hydrogens (tertiary/aromatic N) is 1. The molecule has 3 rings (SSSR count). The number of carbonyl (C=O) groups is 2. The van der Waals surface area contributed by atoms with Crippen molar-refractivity contribution in [3.05, 3.63) is 21.9 Å². The molecule has 0 bridgehead atoms. The Morgan fingerprint density at radius 2 is 2.05 bits per heavy atom. The molecular weight excluding hydrogens is 286 g/mol. The molecule has 0 aromatic carbocycles. The summed E-state index contributed by atoms with van der Waals surface area (Å²) in [5.41, 5.74) is 0. The number of thiophene rings is 1. The highest BCUT2D eigenvalue weighted by atomic mass is 32.1. The van der Waals surface area contributed by atoms with Crippen molar-refractivity contribution in [2.24, 2.45) is 5.92 Å². The maximum atomic E-state index is 12.9. The molecule has 1 amide bonds. The normalized spacial score (nSPS) is 28.3. The lowest BCUT2D eigenvalue weighted by Gasteiger charge is -2.33. The average Bonchev–Trinajstić information content (AvgIpc) is 3.09. The maximum Gasteiger partial charge on any atom is 0.328 e. The summed E-state index contributed by atoms with van der Waals surface area (Å²) in [5, 5.41) is 0. The number of amides is 1. The van der Waals surface area contributed by atoms with E-state index < -0.39 is 6.04 Å². The minimum absolute atomic E-state index is 0.00194. The molecule has 1 aromatic rings. The number of methoxy groups -OCH3 is 1. The second-order valence-corrected chi connectivity index (χ2v) is 7.30. The molecule has 0 spiro atoms. The van der Waals surface area contributed by atoms with Crippen molar-refractivity contribution in [2.45, 2.75) is 51.1 Å². The van der Waals surface area contributed by atoms with E-state index in [1.165, 1.54) is 24.9 Å². The molecular formula is C16H21NO3S. The molecule has 2 heterocycles. The zero-order valence-corrected chi connectivity index (χ0v) is 13.3. The topological polar surface area (TPSA) is 46.6 Å². The summed E-state index contributed by atoms with van der Waals surface area (Å²) in [5.74, 6) is 0.178. The van der Waals surface area contributed by atoms with Gasteiger partial charge in [0.05, 0.1) is 12.0 Å². The minimum Gasteiger partial charge on any atom is -0.467 e. The zero-order valence-electron chi connectivity index (χ0n) is 12.5. The lowest BCUT2D eigenvalue weighted by atomic mass is 9.85. The Morgan fingerprint density at radius 3 is 2.71 bits per heavy atom. The van der Waals surface area contributed by atoms with Gasteiger partial charge in [-0.25, -0.2) is 4.79 Å². The predicted octanol–water partition coefficient (Wildman–Crippen LogP) is 3.00.